The van der Waals surface area contributed by atoms with E-state index in [1.165, 1.54) is 6.08 Å². The average molecular weight is 309 g/mol. The lowest BCUT2D eigenvalue weighted by atomic mass is 10.2. The van der Waals surface area contributed by atoms with Gasteiger partial charge in [0.1, 0.15) is 0 Å². The van der Waals surface area contributed by atoms with Crippen molar-refractivity contribution in [2.24, 2.45) is 0 Å². The molecule has 0 atom stereocenters. The molecule has 4 nitrogen and oxygen atoms in total. The zero-order valence-corrected chi connectivity index (χ0v) is 12.3. The van der Waals surface area contributed by atoms with Crippen LogP contribution in [0.3, 0.4) is 0 Å². The van der Waals surface area contributed by atoms with Crippen LogP contribution in [0.2, 0.25) is 0 Å². The molecule has 5 heteroatoms. The molecular formula is C12H21BrO4. The molecule has 0 aromatic heterocycles. The molecule has 0 saturated heterocycles. The molecule has 0 heterocycles. The maximum Gasteiger partial charge on any atom is 0.330 e. The van der Waals surface area contributed by atoms with Crippen molar-refractivity contribution in [2.75, 3.05) is 25.2 Å². The smallest absolute Gasteiger partial charge is 0.330 e. The molecule has 0 aliphatic rings. The summed E-state index contributed by atoms with van der Waals surface area (Å²) in [6.45, 7) is 7.08. The van der Waals surface area contributed by atoms with Gasteiger partial charge in [-0.25, -0.2) is 4.79 Å². The fraction of sp³-hybridized carbons (Fsp3) is 0.750. The second-order valence-corrected chi connectivity index (χ2v) is 3.83. The number of ether oxygens (including phenoxy) is 3. The number of rotatable bonds is 9. The molecule has 0 spiro atoms. The first-order valence-electron chi connectivity index (χ1n) is 5.81. The van der Waals surface area contributed by atoms with Gasteiger partial charge in [-0.05, 0) is 20.8 Å². The van der Waals surface area contributed by atoms with Gasteiger partial charge in [-0.2, -0.15) is 0 Å². The minimum Gasteiger partial charge on any atom is -0.463 e. The fourth-order valence-electron chi connectivity index (χ4n) is 1.34. The SMILES string of the molecule is CCOC(=O)/C=C\CC(CBr)(OCC)OCC. The lowest BCUT2D eigenvalue weighted by Gasteiger charge is -2.30. The van der Waals surface area contributed by atoms with Crippen LogP contribution in [-0.4, -0.2) is 36.9 Å². The summed E-state index contributed by atoms with van der Waals surface area (Å²) >= 11 is 3.37. The molecule has 0 rings (SSSR count). The largest absolute Gasteiger partial charge is 0.463 e. The van der Waals surface area contributed by atoms with Crippen molar-refractivity contribution in [1.29, 1.82) is 0 Å². The van der Waals surface area contributed by atoms with Crippen LogP contribution in [0.15, 0.2) is 12.2 Å². The Kier molecular flexibility index (Phi) is 9.40. The molecular weight excluding hydrogens is 288 g/mol. The number of esters is 1. The summed E-state index contributed by atoms with van der Waals surface area (Å²) in [5, 5.41) is 0.550. The molecule has 0 bridgehead atoms. The van der Waals surface area contributed by atoms with Gasteiger partial charge in [-0.3, -0.25) is 0 Å². The van der Waals surface area contributed by atoms with Gasteiger partial charge in [-0.15, -0.1) is 0 Å². The maximum atomic E-state index is 11.1. The van der Waals surface area contributed by atoms with E-state index in [-0.39, 0.29) is 5.97 Å². The van der Waals surface area contributed by atoms with Crippen molar-refractivity contribution in [3.8, 4) is 0 Å². The van der Waals surface area contributed by atoms with Crippen molar-refractivity contribution in [1.82, 2.24) is 0 Å². The highest BCUT2D eigenvalue weighted by molar-refractivity contribution is 9.09. The first-order valence-corrected chi connectivity index (χ1v) is 6.93. The molecule has 0 aromatic rings. The van der Waals surface area contributed by atoms with Gasteiger partial charge in [0, 0.05) is 25.7 Å². The number of carbonyl (C=O) groups excluding carboxylic acids is 1. The van der Waals surface area contributed by atoms with Crippen molar-refractivity contribution in [3.63, 3.8) is 0 Å². The van der Waals surface area contributed by atoms with Crippen LogP contribution in [0, 0.1) is 0 Å². The lowest BCUT2D eigenvalue weighted by Crippen LogP contribution is -2.37. The van der Waals surface area contributed by atoms with E-state index >= 15 is 0 Å². The molecule has 0 radical (unpaired) electrons. The van der Waals surface area contributed by atoms with Gasteiger partial charge in [0.15, 0.2) is 5.79 Å². The predicted octanol–water partition coefficient (Wildman–Crippen LogP) is 2.66. The number of carbonyl (C=O) groups is 1. The first-order chi connectivity index (χ1) is 8.14. The Hall–Kier alpha value is -0.390. The molecule has 0 saturated carbocycles. The summed E-state index contributed by atoms with van der Waals surface area (Å²) in [7, 11) is 0. The van der Waals surface area contributed by atoms with Crippen molar-refractivity contribution < 1.29 is 19.0 Å². The molecule has 0 fully saturated rings. The van der Waals surface area contributed by atoms with Crippen LogP contribution in [0.25, 0.3) is 0 Å². The number of hydrogen-bond acceptors (Lipinski definition) is 4. The van der Waals surface area contributed by atoms with E-state index in [2.05, 4.69) is 15.9 Å². The molecule has 0 aliphatic heterocycles. The van der Waals surface area contributed by atoms with Crippen LogP contribution in [0.4, 0.5) is 0 Å². The van der Waals surface area contributed by atoms with Crippen molar-refractivity contribution in [3.05, 3.63) is 12.2 Å². The van der Waals surface area contributed by atoms with Crippen LogP contribution >= 0.6 is 15.9 Å². The second kappa shape index (κ2) is 9.62. The Bertz CT molecular complexity index is 235. The Morgan fingerprint density at radius 2 is 1.76 bits per heavy atom. The Morgan fingerprint density at radius 1 is 1.18 bits per heavy atom. The highest BCUT2D eigenvalue weighted by atomic mass is 79.9. The number of hydrogen-bond donors (Lipinski definition) is 0. The topological polar surface area (TPSA) is 44.8 Å². The van der Waals surface area contributed by atoms with Crippen LogP contribution in [0.5, 0.6) is 0 Å². The van der Waals surface area contributed by atoms with Gasteiger partial charge >= 0.3 is 5.97 Å². The summed E-state index contributed by atoms with van der Waals surface area (Å²) in [5.74, 6) is -1.05. The van der Waals surface area contributed by atoms with Crippen molar-refractivity contribution in [2.45, 2.75) is 33.0 Å². The third kappa shape index (κ3) is 6.81. The van der Waals surface area contributed by atoms with E-state index in [1.54, 1.807) is 13.0 Å². The van der Waals surface area contributed by atoms with E-state index in [1.807, 2.05) is 13.8 Å². The Balaban J connectivity index is 4.37. The summed E-state index contributed by atoms with van der Waals surface area (Å²) in [4.78, 5) is 11.1. The normalized spacial score (nSPS) is 12.0. The minimum absolute atomic E-state index is 0.344. The third-order valence-corrected chi connectivity index (χ3v) is 2.84. The van der Waals surface area contributed by atoms with Gasteiger partial charge in [-0.1, -0.05) is 22.0 Å². The minimum atomic E-state index is -0.702. The molecule has 0 amide bonds. The molecule has 100 valence electrons. The predicted molar refractivity (Wildman–Crippen MR) is 70.2 cm³/mol. The summed E-state index contributed by atoms with van der Waals surface area (Å²) in [6, 6.07) is 0. The third-order valence-electron chi connectivity index (χ3n) is 1.99. The monoisotopic (exact) mass is 308 g/mol. The van der Waals surface area contributed by atoms with Crippen LogP contribution in [-0.2, 0) is 19.0 Å². The number of alkyl halides is 1. The quantitative estimate of drug-likeness (QED) is 0.284. The molecule has 0 aliphatic carbocycles. The summed E-state index contributed by atoms with van der Waals surface area (Å²) in [6.07, 6.45) is 3.61. The molecule has 0 aromatic carbocycles. The number of halogens is 1. The first kappa shape index (κ1) is 16.6. The van der Waals surface area contributed by atoms with Crippen LogP contribution < -0.4 is 0 Å². The molecule has 17 heavy (non-hydrogen) atoms. The van der Waals surface area contributed by atoms with Crippen molar-refractivity contribution >= 4 is 21.9 Å². The highest BCUT2D eigenvalue weighted by Gasteiger charge is 2.28. The van der Waals surface area contributed by atoms with Crippen LogP contribution in [0.1, 0.15) is 27.2 Å². The summed E-state index contributed by atoms with van der Waals surface area (Å²) < 4.78 is 16.0. The summed E-state index contributed by atoms with van der Waals surface area (Å²) in [5.41, 5.74) is 0. The zero-order chi connectivity index (χ0) is 13.1. The van der Waals surface area contributed by atoms with E-state index in [4.69, 9.17) is 14.2 Å². The van der Waals surface area contributed by atoms with E-state index in [0.717, 1.165) is 0 Å². The fourth-order valence-corrected chi connectivity index (χ4v) is 1.90. The zero-order valence-electron chi connectivity index (χ0n) is 10.7. The lowest BCUT2D eigenvalue weighted by molar-refractivity contribution is -0.213. The highest BCUT2D eigenvalue weighted by Crippen LogP contribution is 2.21. The average Bonchev–Trinajstić information content (AvgIpc) is 2.30. The van der Waals surface area contributed by atoms with Gasteiger partial charge in [0.2, 0.25) is 0 Å². The van der Waals surface area contributed by atoms with Gasteiger partial charge in [0.05, 0.1) is 11.9 Å². The van der Waals surface area contributed by atoms with E-state index in [0.29, 0.717) is 31.6 Å². The second-order valence-electron chi connectivity index (χ2n) is 3.27. The van der Waals surface area contributed by atoms with E-state index in [9.17, 15) is 4.79 Å². The Morgan fingerprint density at radius 3 is 2.18 bits per heavy atom. The molecule has 0 unspecified atom stereocenters. The maximum absolute atomic E-state index is 11.1. The van der Waals surface area contributed by atoms with E-state index < -0.39 is 5.79 Å². The standard InChI is InChI=1S/C12H21BrO4/c1-4-15-11(14)8-7-9-12(10-13,16-5-2)17-6-3/h7-8H,4-6,9-10H2,1-3H3/b8-7-. The Labute approximate surface area is 111 Å². The molecule has 0 N–H and O–H groups in total. The van der Waals surface area contributed by atoms with Gasteiger partial charge in [0.25, 0.3) is 0 Å². The van der Waals surface area contributed by atoms with Gasteiger partial charge < -0.3 is 14.2 Å².